The van der Waals surface area contributed by atoms with E-state index >= 15 is 0 Å². The van der Waals surface area contributed by atoms with Gasteiger partial charge in [0.2, 0.25) is 17.7 Å². The van der Waals surface area contributed by atoms with Crippen molar-refractivity contribution in [1.82, 2.24) is 15.1 Å². The van der Waals surface area contributed by atoms with Crippen LogP contribution in [0.5, 0.6) is 0 Å². The molecule has 0 spiro atoms. The van der Waals surface area contributed by atoms with Crippen molar-refractivity contribution in [2.45, 2.75) is 57.2 Å². The number of nitrogens with zero attached hydrogens (tertiary/aromatic N) is 2. The fourth-order valence-corrected chi connectivity index (χ4v) is 5.09. The number of rotatable bonds is 9. The molecule has 1 fully saturated rings. The predicted octanol–water partition coefficient (Wildman–Crippen LogP) is 3.85. The molecule has 1 aliphatic rings. The van der Waals surface area contributed by atoms with Gasteiger partial charge < -0.3 is 20.9 Å². The number of hydrogen-bond acceptors (Lipinski definition) is 4. The van der Waals surface area contributed by atoms with Crippen molar-refractivity contribution in [3.05, 3.63) is 96.1 Å². The van der Waals surface area contributed by atoms with Crippen LogP contribution in [0.2, 0.25) is 0 Å². The summed E-state index contributed by atoms with van der Waals surface area (Å²) < 4.78 is 0. The maximum absolute atomic E-state index is 14.4. The molecule has 0 bridgehead atoms. The first kappa shape index (κ1) is 29.0. The van der Waals surface area contributed by atoms with Gasteiger partial charge in [0, 0.05) is 38.5 Å². The topological polar surface area (TPSA) is 95.7 Å². The van der Waals surface area contributed by atoms with Crippen LogP contribution < -0.4 is 11.1 Å². The molecule has 7 heteroatoms. The van der Waals surface area contributed by atoms with Gasteiger partial charge in [0.25, 0.3) is 0 Å². The number of carbonyl (C=O) groups is 3. The zero-order valence-corrected chi connectivity index (χ0v) is 23.7. The molecule has 3 N–H and O–H groups in total. The molecule has 40 heavy (non-hydrogen) atoms. The maximum atomic E-state index is 14.4. The minimum absolute atomic E-state index is 0.168. The highest BCUT2D eigenvalue weighted by Gasteiger charge is 2.37. The van der Waals surface area contributed by atoms with Crippen LogP contribution in [0, 0.1) is 0 Å². The number of nitrogens with two attached hydrogens (primary N) is 1. The molecule has 1 heterocycles. The van der Waals surface area contributed by atoms with E-state index in [2.05, 4.69) is 11.4 Å². The number of fused-ring (bicyclic) bond motifs is 1. The molecule has 7 nitrogen and oxygen atoms in total. The zero-order chi connectivity index (χ0) is 28.7. The normalized spacial score (nSPS) is 16.9. The van der Waals surface area contributed by atoms with E-state index in [1.165, 1.54) is 11.0 Å². The molecule has 1 saturated heterocycles. The molecule has 0 aliphatic carbocycles. The first-order chi connectivity index (χ1) is 19.1. The number of likely N-dealkylation sites (N-methyl/N-ethyl adjacent to an activating group) is 1. The van der Waals surface area contributed by atoms with Crippen LogP contribution in [0.1, 0.15) is 37.8 Å². The van der Waals surface area contributed by atoms with E-state index in [0.717, 1.165) is 21.9 Å². The Balaban J connectivity index is 1.66. The van der Waals surface area contributed by atoms with Gasteiger partial charge in [-0.15, -0.1) is 0 Å². The second-order valence-electron chi connectivity index (χ2n) is 11.3. The van der Waals surface area contributed by atoms with Crippen molar-refractivity contribution in [2.75, 3.05) is 20.1 Å². The fraction of sp³-hybridized carbons (Fsp3) is 0.364. The second kappa shape index (κ2) is 12.9. The largest absolute Gasteiger partial charge is 0.354 e. The summed E-state index contributed by atoms with van der Waals surface area (Å²) in [6.45, 7) is 4.74. The lowest BCUT2D eigenvalue weighted by atomic mass is 9.98. The van der Waals surface area contributed by atoms with Crippen molar-refractivity contribution in [3.63, 3.8) is 0 Å². The van der Waals surface area contributed by atoms with Crippen molar-refractivity contribution in [2.24, 2.45) is 5.73 Å². The minimum atomic E-state index is -0.784. The van der Waals surface area contributed by atoms with Crippen molar-refractivity contribution >= 4 is 28.5 Å². The fourth-order valence-electron chi connectivity index (χ4n) is 5.09. The summed E-state index contributed by atoms with van der Waals surface area (Å²) >= 11 is 0. The van der Waals surface area contributed by atoms with E-state index in [1.54, 1.807) is 18.0 Å². The van der Waals surface area contributed by atoms with Crippen LogP contribution in [0.25, 0.3) is 10.8 Å². The Bertz CT molecular complexity index is 1360. The molecule has 4 rings (SSSR count). The van der Waals surface area contributed by atoms with Gasteiger partial charge >= 0.3 is 0 Å². The lowest BCUT2D eigenvalue weighted by Gasteiger charge is -2.35. The molecular formula is C33H40N4O3. The highest BCUT2D eigenvalue weighted by Crippen LogP contribution is 2.21. The SMILES string of the molecule is CN(C(=O)/C=C/CC(C)(C)N)[C@H](Cc1ccc2ccccc2c1)C(=O)N1CCCNC(=O)[C@H]1Cc1ccccc1. The van der Waals surface area contributed by atoms with Gasteiger partial charge in [0.05, 0.1) is 0 Å². The highest BCUT2D eigenvalue weighted by molar-refractivity contribution is 5.95. The molecule has 0 aromatic heterocycles. The standard InChI is InChI=1S/C33H40N4O3/c1-33(2,34)18-9-15-30(38)36(3)29(23-25-16-17-26-13-7-8-14-27(26)21-25)32(40)37-20-10-19-35-31(39)28(37)22-24-11-5-4-6-12-24/h4-9,11-17,21,28-29H,10,18-20,22-23,34H2,1-3H3,(H,35,39)/b15-9+/t28-,29-/m1/s1. The lowest BCUT2D eigenvalue weighted by molar-refractivity contribution is -0.146. The summed E-state index contributed by atoms with van der Waals surface area (Å²) in [5.74, 6) is -0.671. The Morgan fingerprint density at radius 3 is 2.48 bits per heavy atom. The summed E-state index contributed by atoms with van der Waals surface area (Å²) in [7, 11) is 1.66. The van der Waals surface area contributed by atoms with Gasteiger partial charge in [-0.2, -0.15) is 0 Å². The van der Waals surface area contributed by atoms with E-state index in [4.69, 9.17) is 5.73 Å². The van der Waals surface area contributed by atoms with Gasteiger partial charge in [-0.25, -0.2) is 0 Å². The number of nitrogens with one attached hydrogen (secondary N) is 1. The molecule has 3 amide bonds. The summed E-state index contributed by atoms with van der Waals surface area (Å²) in [5, 5.41) is 5.15. The van der Waals surface area contributed by atoms with E-state index in [9.17, 15) is 14.4 Å². The van der Waals surface area contributed by atoms with E-state index < -0.39 is 17.6 Å². The van der Waals surface area contributed by atoms with Crippen molar-refractivity contribution in [3.8, 4) is 0 Å². The van der Waals surface area contributed by atoms with Crippen molar-refractivity contribution < 1.29 is 14.4 Å². The van der Waals surface area contributed by atoms with Crippen LogP contribution >= 0.6 is 0 Å². The summed E-state index contributed by atoms with van der Waals surface area (Å²) in [5.41, 5.74) is 7.56. The van der Waals surface area contributed by atoms with Crippen LogP contribution in [0.3, 0.4) is 0 Å². The van der Waals surface area contributed by atoms with Crippen molar-refractivity contribution in [1.29, 1.82) is 0 Å². The van der Waals surface area contributed by atoms with Crippen LogP contribution in [-0.2, 0) is 27.2 Å². The summed E-state index contributed by atoms with van der Waals surface area (Å²) in [6.07, 6.45) is 5.17. The second-order valence-corrected chi connectivity index (χ2v) is 11.3. The van der Waals surface area contributed by atoms with Gasteiger partial charge in [-0.1, -0.05) is 78.9 Å². The number of carbonyl (C=O) groups excluding carboxylic acids is 3. The average molecular weight is 541 g/mol. The van der Waals surface area contributed by atoms with Gasteiger partial charge in [0.1, 0.15) is 12.1 Å². The van der Waals surface area contributed by atoms with E-state index in [1.807, 2.05) is 80.6 Å². The summed E-state index contributed by atoms with van der Waals surface area (Å²) in [4.78, 5) is 44.0. The third kappa shape index (κ3) is 7.57. The quantitative estimate of drug-likeness (QED) is 0.403. The molecule has 0 unspecified atom stereocenters. The Labute approximate surface area is 237 Å². The molecule has 210 valence electrons. The van der Waals surface area contributed by atoms with Crippen LogP contribution in [0.4, 0.5) is 0 Å². The monoisotopic (exact) mass is 540 g/mol. The Kier molecular flexibility index (Phi) is 9.38. The van der Waals surface area contributed by atoms with E-state index in [-0.39, 0.29) is 17.7 Å². The zero-order valence-electron chi connectivity index (χ0n) is 23.7. The maximum Gasteiger partial charge on any atom is 0.246 e. The predicted molar refractivity (Wildman–Crippen MR) is 160 cm³/mol. The average Bonchev–Trinajstić information content (AvgIpc) is 3.11. The molecule has 3 aromatic carbocycles. The molecular weight excluding hydrogens is 500 g/mol. The molecule has 0 saturated carbocycles. The first-order valence-electron chi connectivity index (χ1n) is 13.9. The van der Waals surface area contributed by atoms with Gasteiger partial charge in [0.15, 0.2) is 0 Å². The number of hydrogen-bond donors (Lipinski definition) is 2. The number of amides is 3. The Morgan fingerprint density at radius 2 is 1.75 bits per heavy atom. The Morgan fingerprint density at radius 1 is 1.05 bits per heavy atom. The highest BCUT2D eigenvalue weighted by atomic mass is 16.2. The molecule has 1 aliphatic heterocycles. The lowest BCUT2D eigenvalue weighted by Crippen LogP contribution is -2.56. The van der Waals surface area contributed by atoms with Crippen LogP contribution in [0.15, 0.2) is 84.9 Å². The first-order valence-corrected chi connectivity index (χ1v) is 13.9. The number of benzene rings is 3. The molecule has 2 atom stereocenters. The minimum Gasteiger partial charge on any atom is -0.354 e. The summed E-state index contributed by atoms with van der Waals surface area (Å²) in [6, 6.07) is 22.4. The smallest absolute Gasteiger partial charge is 0.246 e. The van der Waals surface area contributed by atoms with Gasteiger partial charge in [-0.05, 0) is 54.7 Å². The van der Waals surface area contributed by atoms with Crippen LogP contribution in [-0.4, -0.2) is 65.3 Å². The third-order valence-corrected chi connectivity index (χ3v) is 7.36. The molecule has 3 aromatic rings. The van der Waals surface area contributed by atoms with Gasteiger partial charge in [-0.3, -0.25) is 14.4 Å². The third-order valence-electron chi connectivity index (χ3n) is 7.36. The Hall–Kier alpha value is -3.97. The molecule has 0 radical (unpaired) electrons. The van der Waals surface area contributed by atoms with E-state index in [0.29, 0.717) is 38.8 Å².